The first-order valence-corrected chi connectivity index (χ1v) is 4.24. The van der Waals surface area contributed by atoms with Crippen LogP contribution >= 0.6 is 31.9 Å². The van der Waals surface area contributed by atoms with Gasteiger partial charge in [-0.25, -0.2) is 0 Å². The summed E-state index contributed by atoms with van der Waals surface area (Å²) in [5, 5.41) is 10.8. The lowest BCUT2D eigenvalue weighted by molar-refractivity contribution is -0.617. The third-order valence-electron chi connectivity index (χ3n) is 1.14. The Morgan fingerprint density at radius 2 is 2.10 bits per heavy atom. The van der Waals surface area contributed by atoms with E-state index in [1.165, 1.54) is 6.20 Å². The zero-order valence-electron chi connectivity index (χ0n) is 5.27. The van der Waals surface area contributed by atoms with E-state index in [-0.39, 0.29) is 0 Å². The van der Waals surface area contributed by atoms with Gasteiger partial charge in [-0.05, 0) is 6.92 Å². The SMILES string of the molecule is Cc1c[n+]([O-])c(Br)cc1Br. The molecular formula is C6H5Br2NO. The molecule has 0 aliphatic rings. The second kappa shape index (κ2) is 2.88. The zero-order chi connectivity index (χ0) is 7.72. The highest BCUT2D eigenvalue weighted by Crippen LogP contribution is 2.16. The summed E-state index contributed by atoms with van der Waals surface area (Å²) >= 11 is 6.40. The normalized spacial score (nSPS) is 9.90. The van der Waals surface area contributed by atoms with Crippen LogP contribution in [0.4, 0.5) is 0 Å². The van der Waals surface area contributed by atoms with Gasteiger partial charge in [0.2, 0.25) is 0 Å². The maximum Gasteiger partial charge on any atom is 0.260 e. The summed E-state index contributed by atoms with van der Waals surface area (Å²) in [5.41, 5.74) is 0.929. The molecule has 0 saturated carbocycles. The molecule has 0 bridgehead atoms. The summed E-state index contributed by atoms with van der Waals surface area (Å²) in [6.45, 7) is 1.87. The number of aromatic nitrogens is 1. The van der Waals surface area contributed by atoms with Crippen LogP contribution in [0.2, 0.25) is 0 Å². The summed E-state index contributed by atoms with van der Waals surface area (Å²) in [6, 6.07) is 1.72. The molecule has 0 radical (unpaired) electrons. The highest BCUT2D eigenvalue weighted by molar-refractivity contribution is 9.11. The first-order valence-electron chi connectivity index (χ1n) is 2.66. The molecule has 0 aliphatic heterocycles. The Morgan fingerprint density at radius 3 is 2.60 bits per heavy atom. The summed E-state index contributed by atoms with van der Waals surface area (Å²) in [5.74, 6) is 0. The Kier molecular flexibility index (Phi) is 2.31. The van der Waals surface area contributed by atoms with Crippen molar-refractivity contribution in [3.63, 3.8) is 0 Å². The van der Waals surface area contributed by atoms with Gasteiger partial charge < -0.3 is 5.21 Å². The van der Waals surface area contributed by atoms with E-state index in [1.54, 1.807) is 6.07 Å². The second-order valence-electron chi connectivity index (χ2n) is 1.95. The Morgan fingerprint density at radius 1 is 1.50 bits per heavy atom. The molecule has 0 saturated heterocycles. The molecule has 0 aliphatic carbocycles. The molecule has 0 N–H and O–H groups in total. The fourth-order valence-electron chi connectivity index (χ4n) is 0.581. The highest BCUT2D eigenvalue weighted by Gasteiger charge is 2.03. The van der Waals surface area contributed by atoms with Crippen LogP contribution < -0.4 is 4.73 Å². The van der Waals surface area contributed by atoms with Crippen LogP contribution in [0.3, 0.4) is 0 Å². The van der Waals surface area contributed by atoms with Crippen molar-refractivity contribution in [3.8, 4) is 0 Å². The van der Waals surface area contributed by atoms with E-state index < -0.39 is 0 Å². The summed E-state index contributed by atoms with van der Waals surface area (Å²) in [7, 11) is 0. The molecule has 2 nitrogen and oxygen atoms in total. The Hall–Kier alpha value is -0.0900. The third kappa shape index (κ3) is 1.49. The van der Waals surface area contributed by atoms with Crippen molar-refractivity contribution in [1.29, 1.82) is 0 Å². The minimum atomic E-state index is 0.518. The standard InChI is InChI=1S/C6H5Br2NO/c1-4-3-9(10)6(8)2-5(4)7/h2-3H,1H3. The van der Waals surface area contributed by atoms with Gasteiger partial charge in [-0.2, -0.15) is 4.73 Å². The van der Waals surface area contributed by atoms with E-state index in [0.29, 0.717) is 4.60 Å². The van der Waals surface area contributed by atoms with Gasteiger partial charge in [0.1, 0.15) is 0 Å². The summed E-state index contributed by atoms with van der Waals surface area (Å²) in [6.07, 6.45) is 1.51. The van der Waals surface area contributed by atoms with Crippen molar-refractivity contribution in [1.82, 2.24) is 0 Å². The molecule has 0 atom stereocenters. The van der Waals surface area contributed by atoms with Gasteiger partial charge in [0, 0.05) is 32.0 Å². The first-order chi connectivity index (χ1) is 4.61. The maximum absolute atomic E-state index is 10.8. The maximum atomic E-state index is 10.8. The van der Waals surface area contributed by atoms with Crippen LogP contribution in [-0.2, 0) is 0 Å². The van der Waals surface area contributed by atoms with Crippen molar-refractivity contribution in [2.75, 3.05) is 0 Å². The Balaban J connectivity index is 3.28. The average molecular weight is 267 g/mol. The molecule has 0 unspecified atom stereocenters. The molecule has 4 heteroatoms. The van der Waals surface area contributed by atoms with Crippen LogP contribution in [0.25, 0.3) is 0 Å². The van der Waals surface area contributed by atoms with E-state index in [0.717, 1.165) is 14.8 Å². The molecule has 0 fully saturated rings. The van der Waals surface area contributed by atoms with Crippen molar-refractivity contribution < 1.29 is 4.73 Å². The summed E-state index contributed by atoms with van der Waals surface area (Å²) in [4.78, 5) is 0. The van der Waals surface area contributed by atoms with E-state index in [2.05, 4.69) is 31.9 Å². The van der Waals surface area contributed by atoms with E-state index >= 15 is 0 Å². The number of hydrogen-bond donors (Lipinski definition) is 0. The first kappa shape index (κ1) is 8.01. The lowest BCUT2D eigenvalue weighted by Crippen LogP contribution is -2.27. The topological polar surface area (TPSA) is 26.9 Å². The number of halogens is 2. The number of hydrogen-bond acceptors (Lipinski definition) is 1. The lowest BCUT2D eigenvalue weighted by atomic mass is 10.3. The fraction of sp³-hybridized carbons (Fsp3) is 0.167. The number of nitrogens with zero attached hydrogens (tertiary/aromatic N) is 1. The number of pyridine rings is 1. The second-order valence-corrected chi connectivity index (χ2v) is 3.62. The van der Waals surface area contributed by atoms with Crippen LogP contribution in [0.1, 0.15) is 5.56 Å². The van der Waals surface area contributed by atoms with Gasteiger partial charge in [0.15, 0.2) is 6.20 Å². The monoisotopic (exact) mass is 265 g/mol. The minimum absolute atomic E-state index is 0.518. The van der Waals surface area contributed by atoms with Gasteiger partial charge in [-0.3, -0.25) is 0 Å². The molecule has 10 heavy (non-hydrogen) atoms. The Labute approximate surface area is 75.7 Å². The fourth-order valence-corrected chi connectivity index (χ4v) is 1.54. The molecule has 0 aromatic carbocycles. The third-order valence-corrected chi connectivity index (χ3v) is 2.58. The van der Waals surface area contributed by atoms with E-state index in [1.807, 2.05) is 6.92 Å². The summed E-state index contributed by atoms with van der Waals surface area (Å²) < 4.78 is 2.23. The van der Waals surface area contributed by atoms with Gasteiger partial charge in [-0.15, -0.1) is 0 Å². The molecule has 54 valence electrons. The van der Waals surface area contributed by atoms with Crippen LogP contribution in [-0.4, -0.2) is 0 Å². The predicted molar refractivity (Wildman–Crippen MR) is 45.5 cm³/mol. The van der Waals surface area contributed by atoms with Crippen molar-refractivity contribution in [2.24, 2.45) is 0 Å². The van der Waals surface area contributed by atoms with Crippen molar-refractivity contribution in [2.45, 2.75) is 6.92 Å². The van der Waals surface area contributed by atoms with Gasteiger partial charge in [0.05, 0.1) is 0 Å². The molecule has 1 heterocycles. The molecule has 1 rings (SSSR count). The van der Waals surface area contributed by atoms with Gasteiger partial charge >= 0.3 is 0 Å². The molecular weight excluding hydrogens is 262 g/mol. The van der Waals surface area contributed by atoms with Crippen molar-refractivity contribution in [3.05, 3.63) is 32.1 Å². The Bertz CT molecular complexity index is 212. The quantitative estimate of drug-likeness (QED) is 0.402. The van der Waals surface area contributed by atoms with Crippen LogP contribution in [0, 0.1) is 12.1 Å². The molecule has 0 spiro atoms. The minimum Gasteiger partial charge on any atom is -0.618 e. The van der Waals surface area contributed by atoms with E-state index in [4.69, 9.17) is 0 Å². The van der Waals surface area contributed by atoms with Crippen LogP contribution in [0.15, 0.2) is 21.3 Å². The molecule has 1 aromatic heterocycles. The molecule has 1 aromatic rings. The van der Waals surface area contributed by atoms with E-state index in [9.17, 15) is 5.21 Å². The van der Waals surface area contributed by atoms with Crippen LogP contribution in [0.5, 0.6) is 0 Å². The molecule has 0 amide bonds. The predicted octanol–water partition coefficient (Wildman–Crippen LogP) is 2.15. The number of rotatable bonds is 0. The largest absolute Gasteiger partial charge is 0.618 e. The highest BCUT2D eigenvalue weighted by atomic mass is 79.9. The average Bonchev–Trinajstić information content (AvgIpc) is 1.84. The lowest BCUT2D eigenvalue weighted by Gasteiger charge is -2.00. The van der Waals surface area contributed by atoms with Gasteiger partial charge in [0.25, 0.3) is 4.60 Å². The van der Waals surface area contributed by atoms with Crippen molar-refractivity contribution >= 4 is 31.9 Å². The van der Waals surface area contributed by atoms with Gasteiger partial charge in [-0.1, -0.05) is 15.9 Å². The smallest absolute Gasteiger partial charge is 0.260 e. The zero-order valence-corrected chi connectivity index (χ0v) is 8.44. The number of aryl methyl sites for hydroxylation is 1.